The van der Waals surface area contributed by atoms with Crippen molar-refractivity contribution in [1.29, 1.82) is 0 Å². The number of nitrogens with zero attached hydrogens (tertiary/aromatic N) is 4. The van der Waals surface area contributed by atoms with E-state index in [0.717, 1.165) is 38.4 Å². The highest BCUT2D eigenvalue weighted by Crippen LogP contribution is 2.32. The number of aromatic nitrogens is 4. The molecule has 146 valence electrons. The van der Waals surface area contributed by atoms with Gasteiger partial charge in [-0.15, -0.1) is 11.3 Å². The van der Waals surface area contributed by atoms with Gasteiger partial charge in [0.1, 0.15) is 0 Å². The molecular weight excluding hydrogens is 382 g/mol. The number of rotatable bonds is 5. The van der Waals surface area contributed by atoms with E-state index >= 15 is 0 Å². The molecule has 29 heavy (non-hydrogen) atoms. The Hall–Kier alpha value is -3.06. The fraction of sp³-hybridized carbons (Fsp3) is 0.273. The summed E-state index contributed by atoms with van der Waals surface area (Å²) < 4.78 is 1.86. The number of amides is 1. The van der Waals surface area contributed by atoms with E-state index in [-0.39, 0.29) is 5.91 Å². The summed E-state index contributed by atoms with van der Waals surface area (Å²) in [6.07, 6.45) is 9.62. The summed E-state index contributed by atoms with van der Waals surface area (Å²) in [5.74, 6) is 0.663. The molecule has 1 aliphatic rings. The van der Waals surface area contributed by atoms with Gasteiger partial charge in [0, 0.05) is 29.8 Å². The number of carbonyl (C=O) groups is 1. The van der Waals surface area contributed by atoms with Crippen LogP contribution in [0.2, 0.25) is 0 Å². The first-order valence-electron chi connectivity index (χ1n) is 9.78. The summed E-state index contributed by atoms with van der Waals surface area (Å²) in [7, 11) is 1.93. The zero-order valence-corrected chi connectivity index (χ0v) is 16.9. The third kappa shape index (κ3) is 3.65. The van der Waals surface area contributed by atoms with Crippen molar-refractivity contribution in [3.63, 3.8) is 0 Å². The number of fused-ring (bicyclic) bond motifs is 1. The largest absolute Gasteiger partial charge is 0.325 e. The van der Waals surface area contributed by atoms with Gasteiger partial charge in [-0.25, -0.2) is 4.98 Å². The number of benzene rings is 1. The highest BCUT2D eigenvalue weighted by Gasteiger charge is 2.20. The summed E-state index contributed by atoms with van der Waals surface area (Å²) in [6, 6.07) is 8.14. The van der Waals surface area contributed by atoms with Gasteiger partial charge in [-0.2, -0.15) is 5.10 Å². The van der Waals surface area contributed by atoms with Gasteiger partial charge in [-0.05, 0) is 30.9 Å². The van der Waals surface area contributed by atoms with E-state index < -0.39 is 0 Å². The number of hydrogen-bond acceptors (Lipinski definition) is 5. The van der Waals surface area contributed by atoms with Crippen molar-refractivity contribution in [2.75, 3.05) is 5.32 Å². The Balaban J connectivity index is 1.37. The van der Waals surface area contributed by atoms with E-state index in [9.17, 15) is 4.79 Å². The zero-order valence-electron chi connectivity index (χ0n) is 16.1. The van der Waals surface area contributed by atoms with Gasteiger partial charge in [-0.3, -0.25) is 14.5 Å². The Morgan fingerprint density at radius 2 is 2.07 bits per heavy atom. The maximum Gasteiger partial charge on any atom is 0.224 e. The van der Waals surface area contributed by atoms with E-state index in [1.54, 1.807) is 23.7 Å². The number of hydrogen-bond donors (Lipinski definition) is 1. The Morgan fingerprint density at radius 3 is 2.90 bits per heavy atom. The van der Waals surface area contributed by atoms with Gasteiger partial charge in [0.25, 0.3) is 0 Å². The van der Waals surface area contributed by atoms with Crippen LogP contribution in [0, 0.1) is 5.92 Å². The van der Waals surface area contributed by atoms with Gasteiger partial charge in [0.15, 0.2) is 0 Å². The molecule has 1 amide bonds. The summed E-state index contributed by atoms with van der Waals surface area (Å²) in [5.41, 5.74) is 4.51. The average molecular weight is 404 g/mol. The average Bonchev–Trinajstić information content (AvgIpc) is 3.32. The topological polar surface area (TPSA) is 72.7 Å². The molecule has 0 saturated heterocycles. The number of anilines is 1. The SMILES string of the molecule is Cn1ncc2ccc(-c3cncc(-c4cc(NC(=O)CC5CCC5)cs4)n3)cc21. The first-order valence-corrected chi connectivity index (χ1v) is 10.7. The second-order valence-corrected chi connectivity index (χ2v) is 8.49. The molecule has 6 nitrogen and oxygen atoms in total. The molecule has 0 aliphatic heterocycles. The predicted octanol–water partition coefficient (Wildman–Crippen LogP) is 4.89. The second kappa shape index (κ2) is 7.40. The predicted molar refractivity (Wildman–Crippen MR) is 116 cm³/mol. The molecule has 0 unspecified atom stereocenters. The lowest BCUT2D eigenvalue weighted by Crippen LogP contribution is -2.20. The van der Waals surface area contributed by atoms with Crippen molar-refractivity contribution in [2.24, 2.45) is 13.0 Å². The number of nitrogens with one attached hydrogen (secondary N) is 1. The zero-order chi connectivity index (χ0) is 19.8. The Kier molecular flexibility index (Phi) is 4.60. The fourth-order valence-corrected chi connectivity index (χ4v) is 4.43. The van der Waals surface area contributed by atoms with Gasteiger partial charge >= 0.3 is 0 Å². The van der Waals surface area contributed by atoms with Gasteiger partial charge in [0.2, 0.25) is 5.91 Å². The second-order valence-electron chi connectivity index (χ2n) is 7.58. The molecule has 1 saturated carbocycles. The first-order chi connectivity index (χ1) is 14.2. The van der Waals surface area contributed by atoms with Crippen LogP contribution in [0.5, 0.6) is 0 Å². The Labute approximate surface area is 172 Å². The van der Waals surface area contributed by atoms with Crippen LogP contribution in [-0.4, -0.2) is 25.7 Å². The quantitative estimate of drug-likeness (QED) is 0.515. The number of thiophene rings is 1. The maximum absolute atomic E-state index is 12.2. The van der Waals surface area contributed by atoms with E-state index in [1.165, 1.54) is 19.3 Å². The lowest BCUT2D eigenvalue weighted by atomic mass is 9.83. The third-order valence-corrected chi connectivity index (χ3v) is 6.47. The molecule has 0 radical (unpaired) electrons. The van der Waals surface area contributed by atoms with E-state index in [2.05, 4.69) is 21.5 Å². The fourth-order valence-electron chi connectivity index (χ4n) is 3.63. The van der Waals surface area contributed by atoms with Crippen LogP contribution in [0.4, 0.5) is 5.69 Å². The van der Waals surface area contributed by atoms with Crippen molar-refractivity contribution in [3.05, 3.63) is 48.2 Å². The van der Waals surface area contributed by atoms with Crippen LogP contribution in [0.1, 0.15) is 25.7 Å². The summed E-state index contributed by atoms with van der Waals surface area (Å²) in [6.45, 7) is 0. The number of carbonyl (C=O) groups excluding carboxylic acids is 1. The summed E-state index contributed by atoms with van der Waals surface area (Å²) in [4.78, 5) is 22.4. The van der Waals surface area contributed by atoms with E-state index in [0.29, 0.717) is 12.3 Å². The molecule has 7 heteroatoms. The third-order valence-electron chi connectivity index (χ3n) is 5.51. The van der Waals surface area contributed by atoms with Gasteiger partial charge < -0.3 is 5.32 Å². The molecular formula is C22H21N5OS. The maximum atomic E-state index is 12.2. The van der Waals surface area contributed by atoms with Crippen LogP contribution in [-0.2, 0) is 11.8 Å². The van der Waals surface area contributed by atoms with Crippen LogP contribution in [0.15, 0.2) is 48.2 Å². The highest BCUT2D eigenvalue weighted by molar-refractivity contribution is 7.14. The number of aryl methyl sites for hydroxylation is 1. The summed E-state index contributed by atoms with van der Waals surface area (Å²) in [5, 5.41) is 10.4. The molecule has 0 spiro atoms. The van der Waals surface area contributed by atoms with Crippen molar-refractivity contribution in [3.8, 4) is 21.8 Å². The van der Waals surface area contributed by atoms with Crippen molar-refractivity contribution >= 4 is 33.8 Å². The lowest BCUT2D eigenvalue weighted by molar-refractivity contribution is -0.117. The molecule has 1 fully saturated rings. The Morgan fingerprint density at radius 1 is 1.21 bits per heavy atom. The standard InChI is InChI=1S/C22H21N5OS/c1-27-20-8-15(5-6-16(20)10-24-27)18-11-23-12-19(26-18)21-9-17(13-29-21)25-22(28)7-14-3-2-4-14/h5-6,8-14H,2-4,7H2,1H3,(H,25,28). The molecule has 1 N–H and O–H groups in total. The molecule has 1 aromatic carbocycles. The van der Waals surface area contributed by atoms with E-state index in [1.807, 2.05) is 41.5 Å². The van der Waals surface area contributed by atoms with Gasteiger partial charge in [-0.1, -0.05) is 18.6 Å². The van der Waals surface area contributed by atoms with Crippen molar-refractivity contribution in [2.45, 2.75) is 25.7 Å². The molecule has 3 heterocycles. The summed E-state index contributed by atoms with van der Waals surface area (Å²) >= 11 is 1.56. The molecule has 0 bridgehead atoms. The minimum absolute atomic E-state index is 0.100. The molecule has 1 aliphatic carbocycles. The molecule has 4 aromatic rings. The van der Waals surface area contributed by atoms with Crippen LogP contribution >= 0.6 is 11.3 Å². The molecule has 3 aromatic heterocycles. The highest BCUT2D eigenvalue weighted by atomic mass is 32.1. The van der Waals surface area contributed by atoms with Crippen LogP contribution < -0.4 is 5.32 Å². The van der Waals surface area contributed by atoms with Crippen molar-refractivity contribution in [1.82, 2.24) is 19.7 Å². The Bertz CT molecular complexity index is 1190. The first kappa shape index (κ1) is 18.0. The molecule has 5 rings (SSSR count). The molecule has 0 atom stereocenters. The minimum Gasteiger partial charge on any atom is -0.325 e. The van der Waals surface area contributed by atoms with E-state index in [4.69, 9.17) is 4.98 Å². The smallest absolute Gasteiger partial charge is 0.224 e. The minimum atomic E-state index is 0.100. The monoisotopic (exact) mass is 403 g/mol. The lowest BCUT2D eigenvalue weighted by Gasteiger charge is -2.24. The normalized spacial score (nSPS) is 14.1. The van der Waals surface area contributed by atoms with Gasteiger partial charge in [0.05, 0.1) is 46.1 Å². The van der Waals surface area contributed by atoms with Crippen LogP contribution in [0.25, 0.3) is 32.7 Å². The van der Waals surface area contributed by atoms with Crippen LogP contribution in [0.3, 0.4) is 0 Å². The van der Waals surface area contributed by atoms with Crippen molar-refractivity contribution < 1.29 is 4.79 Å².